The maximum Gasteiger partial charge on any atom is 0.251 e. The third-order valence-electron chi connectivity index (χ3n) is 3.15. The Morgan fingerprint density at radius 2 is 2.41 bits per heavy atom. The summed E-state index contributed by atoms with van der Waals surface area (Å²) in [6.45, 7) is 3.84. The van der Waals surface area contributed by atoms with Gasteiger partial charge in [-0.15, -0.1) is 0 Å². The SMILES string of the molecule is Cc1cnccc1C(=O)NC1CCCCNC1. The van der Waals surface area contributed by atoms with Crippen molar-refractivity contribution in [1.29, 1.82) is 0 Å². The number of nitrogens with one attached hydrogen (secondary N) is 2. The van der Waals surface area contributed by atoms with Crippen LogP contribution in [0.4, 0.5) is 0 Å². The van der Waals surface area contributed by atoms with E-state index in [1.54, 1.807) is 18.5 Å². The van der Waals surface area contributed by atoms with E-state index in [2.05, 4.69) is 15.6 Å². The minimum Gasteiger partial charge on any atom is -0.348 e. The van der Waals surface area contributed by atoms with Gasteiger partial charge < -0.3 is 10.6 Å². The summed E-state index contributed by atoms with van der Waals surface area (Å²) in [5, 5.41) is 6.43. The van der Waals surface area contributed by atoms with Gasteiger partial charge >= 0.3 is 0 Å². The van der Waals surface area contributed by atoms with Crippen LogP contribution in [0.25, 0.3) is 0 Å². The summed E-state index contributed by atoms with van der Waals surface area (Å²) in [6, 6.07) is 2.02. The second-order valence-electron chi connectivity index (χ2n) is 4.56. The van der Waals surface area contributed by atoms with Crippen LogP contribution in [0.2, 0.25) is 0 Å². The Morgan fingerprint density at radius 1 is 1.53 bits per heavy atom. The number of aromatic nitrogens is 1. The summed E-state index contributed by atoms with van der Waals surface area (Å²) in [5.41, 5.74) is 1.65. The predicted octanol–water partition coefficient (Wildman–Crippen LogP) is 1.26. The van der Waals surface area contributed by atoms with Gasteiger partial charge in [-0.05, 0) is 37.9 Å². The monoisotopic (exact) mass is 233 g/mol. The summed E-state index contributed by atoms with van der Waals surface area (Å²) in [6.07, 6.45) is 6.81. The van der Waals surface area contributed by atoms with Crippen LogP contribution in [0.5, 0.6) is 0 Å². The number of hydrogen-bond donors (Lipinski definition) is 2. The van der Waals surface area contributed by atoms with Crippen LogP contribution in [-0.2, 0) is 0 Å². The first kappa shape index (κ1) is 12.0. The van der Waals surface area contributed by atoms with Crippen molar-refractivity contribution in [2.24, 2.45) is 0 Å². The summed E-state index contributed by atoms with van der Waals surface area (Å²) in [7, 11) is 0. The summed E-state index contributed by atoms with van der Waals surface area (Å²) >= 11 is 0. The zero-order valence-corrected chi connectivity index (χ0v) is 10.2. The van der Waals surface area contributed by atoms with E-state index in [0.717, 1.165) is 30.6 Å². The fourth-order valence-corrected chi connectivity index (χ4v) is 2.13. The lowest BCUT2D eigenvalue weighted by Gasteiger charge is -2.17. The number of hydrogen-bond acceptors (Lipinski definition) is 3. The van der Waals surface area contributed by atoms with Gasteiger partial charge in [0.25, 0.3) is 5.91 Å². The molecule has 92 valence electrons. The quantitative estimate of drug-likeness (QED) is 0.808. The molecule has 1 amide bonds. The molecule has 0 bridgehead atoms. The molecule has 4 heteroatoms. The Balaban J connectivity index is 1.98. The topological polar surface area (TPSA) is 54.0 Å². The molecular weight excluding hydrogens is 214 g/mol. The van der Waals surface area contributed by atoms with Crippen molar-refractivity contribution in [1.82, 2.24) is 15.6 Å². The molecule has 0 aliphatic carbocycles. The highest BCUT2D eigenvalue weighted by atomic mass is 16.1. The normalized spacial score (nSPS) is 20.6. The highest BCUT2D eigenvalue weighted by Crippen LogP contribution is 2.08. The predicted molar refractivity (Wildman–Crippen MR) is 66.9 cm³/mol. The van der Waals surface area contributed by atoms with E-state index < -0.39 is 0 Å². The lowest BCUT2D eigenvalue weighted by Crippen LogP contribution is -2.41. The van der Waals surface area contributed by atoms with Gasteiger partial charge in [-0.25, -0.2) is 0 Å². The Kier molecular flexibility index (Phi) is 4.09. The molecule has 1 aromatic heterocycles. The first-order chi connectivity index (χ1) is 8.27. The highest BCUT2D eigenvalue weighted by Gasteiger charge is 2.16. The molecule has 0 saturated carbocycles. The van der Waals surface area contributed by atoms with Gasteiger partial charge in [0.2, 0.25) is 0 Å². The van der Waals surface area contributed by atoms with E-state index in [1.807, 2.05) is 6.92 Å². The summed E-state index contributed by atoms with van der Waals surface area (Å²) in [5.74, 6) is 0.0126. The number of aryl methyl sites for hydroxylation is 1. The largest absolute Gasteiger partial charge is 0.348 e. The maximum absolute atomic E-state index is 12.1. The average molecular weight is 233 g/mol. The Bertz CT molecular complexity index is 384. The Morgan fingerprint density at radius 3 is 3.24 bits per heavy atom. The molecule has 1 unspecified atom stereocenters. The Labute approximate surface area is 102 Å². The molecular formula is C13H19N3O. The molecule has 0 aromatic carbocycles. The first-order valence-corrected chi connectivity index (χ1v) is 6.19. The van der Waals surface area contributed by atoms with E-state index >= 15 is 0 Å². The number of rotatable bonds is 2. The van der Waals surface area contributed by atoms with Crippen molar-refractivity contribution in [3.8, 4) is 0 Å². The molecule has 0 radical (unpaired) electrons. The van der Waals surface area contributed by atoms with Gasteiger partial charge in [0.05, 0.1) is 0 Å². The molecule has 1 aromatic rings. The van der Waals surface area contributed by atoms with E-state index in [-0.39, 0.29) is 11.9 Å². The molecule has 2 N–H and O–H groups in total. The molecule has 2 heterocycles. The minimum atomic E-state index is 0.0126. The number of carbonyl (C=O) groups is 1. The lowest BCUT2D eigenvalue weighted by molar-refractivity contribution is 0.0935. The van der Waals surface area contributed by atoms with Gasteiger partial charge in [0.1, 0.15) is 0 Å². The fourth-order valence-electron chi connectivity index (χ4n) is 2.13. The van der Waals surface area contributed by atoms with Crippen LogP contribution >= 0.6 is 0 Å². The van der Waals surface area contributed by atoms with Crippen LogP contribution in [0, 0.1) is 6.92 Å². The third kappa shape index (κ3) is 3.27. The van der Waals surface area contributed by atoms with E-state index in [0.29, 0.717) is 0 Å². The zero-order valence-electron chi connectivity index (χ0n) is 10.2. The van der Waals surface area contributed by atoms with Crippen LogP contribution in [0.15, 0.2) is 18.5 Å². The number of amides is 1. The molecule has 1 saturated heterocycles. The zero-order chi connectivity index (χ0) is 12.1. The lowest BCUT2D eigenvalue weighted by atomic mass is 10.1. The van der Waals surface area contributed by atoms with E-state index in [9.17, 15) is 4.79 Å². The Hall–Kier alpha value is -1.42. The van der Waals surface area contributed by atoms with Gasteiger partial charge in [-0.2, -0.15) is 0 Å². The van der Waals surface area contributed by atoms with Crippen molar-refractivity contribution < 1.29 is 4.79 Å². The van der Waals surface area contributed by atoms with E-state index in [4.69, 9.17) is 0 Å². The second kappa shape index (κ2) is 5.77. The summed E-state index contributed by atoms with van der Waals surface area (Å²) in [4.78, 5) is 16.1. The molecule has 1 aliphatic heterocycles. The van der Waals surface area contributed by atoms with Crippen molar-refractivity contribution >= 4 is 5.91 Å². The van der Waals surface area contributed by atoms with Gasteiger partial charge in [-0.1, -0.05) is 6.42 Å². The third-order valence-corrected chi connectivity index (χ3v) is 3.15. The number of pyridine rings is 1. The number of nitrogens with zero attached hydrogens (tertiary/aromatic N) is 1. The van der Waals surface area contributed by atoms with Crippen molar-refractivity contribution in [3.63, 3.8) is 0 Å². The van der Waals surface area contributed by atoms with Gasteiger partial charge in [0, 0.05) is 30.5 Å². The molecule has 1 atom stereocenters. The molecule has 1 fully saturated rings. The standard InChI is InChI=1S/C13H19N3O/c1-10-8-15-7-5-12(10)13(17)16-11-4-2-3-6-14-9-11/h5,7-8,11,14H,2-4,6,9H2,1H3,(H,16,17). The van der Waals surface area contributed by atoms with Crippen molar-refractivity contribution in [2.45, 2.75) is 32.2 Å². The number of carbonyl (C=O) groups excluding carboxylic acids is 1. The molecule has 17 heavy (non-hydrogen) atoms. The van der Waals surface area contributed by atoms with Crippen molar-refractivity contribution in [3.05, 3.63) is 29.6 Å². The highest BCUT2D eigenvalue weighted by molar-refractivity contribution is 5.95. The van der Waals surface area contributed by atoms with Crippen LogP contribution in [0.3, 0.4) is 0 Å². The molecule has 2 rings (SSSR count). The van der Waals surface area contributed by atoms with E-state index in [1.165, 1.54) is 12.8 Å². The van der Waals surface area contributed by atoms with Gasteiger partial charge in [0.15, 0.2) is 0 Å². The van der Waals surface area contributed by atoms with Crippen LogP contribution in [0.1, 0.15) is 35.2 Å². The maximum atomic E-state index is 12.1. The van der Waals surface area contributed by atoms with Crippen molar-refractivity contribution in [2.75, 3.05) is 13.1 Å². The second-order valence-corrected chi connectivity index (χ2v) is 4.56. The average Bonchev–Trinajstić information content (AvgIpc) is 2.58. The smallest absolute Gasteiger partial charge is 0.251 e. The fraction of sp³-hybridized carbons (Fsp3) is 0.538. The van der Waals surface area contributed by atoms with Gasteiger partial charge in [-0.3, -0.25) is 9.78 Å². The first-order valence-electron chi connectivity index (χ1n) is 6.19. The molecule has 0 spiro atoms. The van der Waals surface area contributed by atoms with Crippen LogP contribution < -0.4 is 10.6 Å². The summed E-state index contributed by atoms with van der Waals surface area (Å²) < 4.78 is 0. The molecule has 1 aliphatic rings. The van der Waals surface area contributed by atoms with Crippen LogP contribution in [-0.4, -0.2) is 30.0 Å². The molecule has 4 nitrogen and oxygen atoms in total. The minimum absolute atomic E-state index is 0.0126.